The van der Waals surface area contributed by atoms with Crippen LogP contribution in [0.4, 0.5) is 0 Å². The topological polar surface area (TPSA) is 20.3 Å². The standard InChI is InChI=1S/C19H17NOS2/c1-2-20-18(21)17(23-19(20)22)13-6-4-9-15-11-7-10-14-8-3-5-12-16(14)15/h3-9,11-13H,2,10H2,1H3/b6-4+,15-9+,17-13-. The van der Waals surface area contributed by atoms with Crippen LogP contribution in [-0.2, 0) is 11.2 Å². The van der Waals surface area contributed by atoms with Gasteiger partial charge in [0.15, 0.2) is 0 Å². The molecule has 1 fully saturated rings. The van der Waals surface area contributed by atoms with Crippen molar-refractivity contribution in [2.75, 3.05) is 6.54 Å². The van der Waals surface area contributed by atoms with Crippen LogP contribution in [-0.4, -0.2) is 21.7 Å². The molecule has 1 aromatic carbocycles. The Kier molecular flexibility index (Phi) is 4.94. The number of hydrogen-bond acceptors (Lipinski definition) is 3. The van der Waals surface area contributed by atoms with Crippen molar-refractivity contribution in [3.63, 3.8) is 0 Å². The van der Waals surface area contributed by atoms with Crippen molar-refractivity contribution in [3.05, 3.63) is 76.8 Å². The van der Waals surface area contributed by atoms with Gasteiger partial charge in [-0.1, -0.05) is 78.6 Å². The minimum atomic E-state index is 0.00251. The highest BCUT2D eigenvalue weighted by Crippen LogP contribution is 2.30. The van der Waals surface area contributed by atoms with E-state index >= 15 is 0 Å². The van der Waals surface area contributed by atoms with E-state index in [1.807, 2.05) is 25.2 Å². The summed E-state index contributed by atoms with van der Waals surface area (Å²) in [6.45, 7) is 2.55. The average Bonchev–Trinajstić information content (AvgIpc) is 2.85. The molecular weight excluding hydrogens is 322 g/mol. The Balaban J connectivity index is 1.76. The molecule has 0 radical (unpaired) electrons. The average molecular weight is 339 g/mol. The molecule has 0 unspecified atom stereocenters. The lowest BCUT2D eigenvalue weighted by molar-refractivity contribution is -0.122. The number of thiocarbonyl (C=S) groups is 1. The third-order valence-electron chi connectivity index (χ3n) is 3.79. The SMILES string of the molecule is CCN1C(=O)/C(=C/C=C/C=C2\C=CCc3ccccc32)SC1=S. The molecular formula is C19H17NOS2. The van der Waals surface area contributed by atoms with Gasteiger partial charge in [0.1, 0.15) is 4.32 Å². The Labute approximate surface area is 146 Å². The first-order valence-electron chi connectivity index (χ1n) is 7.58. The van der Waals surface area contributed by atoms with Gasteiger partial charge in [0.2, 0.25) is 0 Å². The highest BCUT2D eigenvalue weighted by atomic mass is 32.2. The number of amides is 1. The van der Waals surface area contributed by atoms with Crippen LogP contribution in [0.1, 0.15) is 18.1 Å². The second kappa shape index (κ2) is 7.11. The van der Waals surface area contributed by atoms with Gasteiger partial charge in [-0.25, -0.2) is 0 Å². The number of allylic oxidation sites excluding steroid dienone is 7. The summed E-state index contributed by atoms with van der Waals surface area (Å²) in [5.74, 6) is 0.00251. The van der Waals surface area contributed by atoms with Crippen LogP contribution in [0.25, 0.3) is 5.57 Å². The molecule has 1 heterocycles. The zero-order valence-electron chi connectivity index (χ0n) is 12.9. The molecule has 1 saturated heterocycles. The van der Waals surface area contributed by atoms with E-state index in [9.17, 15) is 4.79 Å². The second-order valence-electron chi connectivity index (χ2n) is 5.22. The first-order chi connectivity index (χ1) is 11.2. The molecule has 4 heteroatoms. The van der Waals surface area contributed by atoms with Gasteiger partial charge in [-0.15, -0.1) is 0 Å². The summed E-state index contributed by atoms with van der Waals surface area (Å²) < 4.78 is 0.639. The van der Waals surface area contributed by atoms with Crippen molar-refractivity contribution in [2.24, 2.45) is 0 Å². The fourth-order valence-electron chi connectivity index (χ4n) is 2.62. The molecule has 0 bridgehead atoms. The molecule has 1 aromatic rings. The Morgan fingerprint density at radius 3 is 2.83 bits per heavy atom. The molecule has 23 heavy (non-hydrogen) atoms. The maximum absolute atomic E-state index is 12.1. The van der Waals surface area contributed by atoms with E-state index < -0.39 is 0 Å². The highest BCUT2D eigenvalue weighted by Gasteiger charge is 2.29. The van der Waals surface area contributed by atoms with Crippen molar-refractivity contribution in [1.82, 2.24) is 4.90 Å². The summed E-state index contributed by atoms with van der Waals surface area (Å²) in [5, 5.41) is 0. The number of fused-ring (bicyclic) bond motifs is 1. The van der Waals surface area contributed by atoms with Gasteiger partial charge in [-0.05, 0) is 36.1 Å². The van der Waals surface area contributed by atoms with E-state index in [1.165, 1.54) is 28.5 Å². The quantitative estimate of drug-likeness (QED) is 0.597. The van der Waals surface area contributed by atoms with E-state index in [4.69, 9.17) is 12.2 Å². The maximum Gasteiger partial charge on any atom is 0.266 e. The summed E-state index contributed by atoms with van der Waals surface area (Å²) in [6.07, 6.45) is 13.1. The van der Waals surface area contributed by atoms with Gasteiger partial charge < -0.3 is 0 Å². The van der Waals surface area contributed by atoms with Crippen LogP contribution < -0.4 is 0 Å². The largest absolute Gasteiger partial charge is 0.293 e. The molecule has 0 spiro atoms. The number of carbonyl (C=O) groups is 1. The van der Waals surface area contributed by atoms with Gasteiger partial charge in [0.25, 0.3) is 5.91 Å². The lowest BCUT2D eigenvalue weighted by Gasteiger charge is -2.12. The van der Waals surface area contributed by atoms with E-state index in [1.54, 1.807) is 4.90 Å². The van der Waals surface area contributed by atoms with Crippen molar-refractivity contribution >= 4 is 39.8 Å². The van der Waals surface area contributed by atoms with Crippen LogP contribution in [0.15, 0.2) is 65.6 Å². The Hall–Kier alpha value is -1.91. The molecule has 1 aliphatic heterocycles. The minimum Gasteiger partial charge on any atom is -0.293 e. The van der Waals surface area contributed by atoms with Crippen molar-refractivity contribution in [1.29, 1.82) is 0 Å². The van der Waals surface area contributed by atoms with Crippen LogP contribution in [0.2, 0.25) is 0 Å². The van der Waals surface area contributed by atoms with Crippen LogP contribution in [0.5, 0.6) is 0 Å². The number of nitrogens with zero attached hydrogens (tertiary/aromatic N) is 1. The van der Waals surface area contributed by atoms with Crippen LogP contribution in [0, 0.1) is 0 Å². The van der Waals surface area contributed by atoms with Crippen molar-refractivity contribution in [2.45, 2.75) is 13.3 Å². The van der Waals surface area contributed by atoms with Gasteiger partial charge in [-0.3, -0.25) is 9.69 Å². The maximum atomic E-state index is 12.1. The van der Waals surface area contributed by atoms with E-state index in [0.717, 1.165) is 6.42 Å². The molecule has 1 amide bonds. The van der Waals surface area contributed by atoms with Gasteiger partial charge in [0, 0.05) is 6.54 Å². The molecule has 2 aliphatic rings. The molecule has 2 nitrogen and oxygen atoms in total. The minimum absolute atomic E-state index is 0.00251. The fraction of sp³-hybridized carbons (Fsp3) is 0.158. The lowest BCUT2D eigenvalue weighted by Crippen LogP contribution is -2.27. The Bertz CT molecular complexity index is 771. The van der Waals surface area contributed by atoms with Gasteiger partial charge >= 0.3 is 0 Å². The first-order valence-corrected chi connectivity index (χ1v) is 8.80. The summed E-state index contributed by atoms with van der Waals surface area (Å²) in [4.78, 5) is 14.4. The highest BCUT2D eigenvalue weighted by molar-refractivity contribution is 8.26. The number of hydrogen-bond donors (Lipinski definition) is 0. The molecule has 0 atom stereocenters. The summed E-state index contributed by atoms with van der Waals surface area (Å²) in [5.41, 5.74) is 3.81. The third kappa shape index (κ3) is 3.38. The molecule has 0 N–H and O–H groups in total. The number of carbonyl (C=O) groups excluding carboxylic acids is 1. The predicted octanol–water partition coefficient (Wildman–Crippen LogP) is 4.50. The zero-order valence-corrected chi connectivity index (χ0v) is 14.5. The van der Waals surface area contributed by atoms with E-state index in [2.05, 4.69) is 42.5 Å². The molecule has 1 aliphatic carbocycles. The predicted molar refractivity (Wildman–Crippen MR) is 102 cm³/mol. The fourth-order valence-corrected chi connectivity index (χ4v) is 3.95. The first kappa shape index (κ1) is 16.0. The molecule has 3 rings (SSSR count). The van der Waals surface area contributed by atoms with Crippen LogP contribution in [0.3, 0.4) is 0 Å². The Morgan fingerprint density at radius 1 is 1.26 bits per heavy atom. The summed E-state index contributed by atoms with van der Waals surface area (Å²) >= 11 is 6.56. The second-order valence-corrected chi connectivity index (χ2v) is 6.89. The number of likely N-dealkylation sites (N-methyl/N-ethyl adjacent to an activating group) is 1. The lowest BCUT2D eigenvalue weighted by atomic mass is 9.92. The van der Waals surface area contributed by atoms with Gasteiger partial charge in [0.05, 0.1) is 4.91 Å². The molecule has 0 aromatic heterocycles. The molecule has 116 valence electrons. The normalized spacial score (nSPS) is 21.0. The third-order valence-corrected chi connectivity index (χ3v) is 5.18. The van der Waals surface area contributed by atoms with Crippen molar-refractivity contribution in [3.8, 4) is 0 Å². The van der Waals surface area contributed by atoms with E-state index in [-0.39, 0.29) is 5.91 Å². The molecule has 0 saturated carbocycles. The summed E-state index contributed by atoms with van der Waals surface area (Å²) in [7, 11) is 0. The number of rotatable bonds is 3. The number of thioether (sulfide) groups is 1. The van der Waals surface area contributed by atoms with Gasteiger partial charge in [-0.2, -0.15) is 0 Å². The smallest absolute Gasteiger partial charge is 0.266 e. The Morgan fingerprint density at radius 2 is 2.04 bits per heavy atom. The van der Waals surface area contributed by atoms with Crippen LogP contribution >= 0.6 is 24.0 Å². The number of benzene rings is 1. The monoisotopic (exact) mass is 339 g/mol. The van der Waals surface area contributed by atoms with Crippen molar-refractivity contribution < 1.29 is 4.79 Å². The van der Waals surface area contributed by atoms with E-state index in [0.29, 0.717) is 15.8 Å². The summed E-state index contributed by atoms with van der Waals surface area (Å²) in [6, 6.07) is 8.43. The zero-order chi connectivity index (χ0) is 16.2.